The van der Waals surface area contributed by atoms with Crippen molar-refractivity contribution >= 4 is 22.9 Å². The molecule has 1 heterocycles. The molecule has 0 aliphatic carbocycles. The zero-order valence-corrected chi connectivity index (χ0v) is 12.7. The van der Waals surface area contributed by atoms with E-state index >= 15 is 0 Å². The van der Waals surface area contributed by atoms with Gasteiger partial charge in [0.15, 0.2) is 0 Å². The number of methoxy groups -OCH3 is 1. The number of nitrogens with two attached hydrogens (primary N) is 1. The minimum atomic E-state index is 0.337. The highest BCUT2D eigenvalue weighted by atomic mass is 32.1. The molecule has 0 bridgehead atoms. The number of aromatic nitrogens is 1. The van der Waals surface area contributed by atoms with Crippen LogP contribution in [0.3, 0.4) is 0 Å². The Bertz CT molecular complexity index is 407. The van der Waals surface area contributed by atoms with Crippen LogP contribution in [-0.2, 0) is 4.74 Å². The molecule has 1 aromatic heterocycles. The molecule has 2 N–H and O–H groups in total. The molecule has 0 aliphatic rings. The van der Waals surface area contributed by atoms with Gasteiger partial charge in [0.05, 0.1) is 12.3 Å². The first kappa shape index (κ1) is 15.9. The van der Waals surface area contributed by atoms with Crippen molar-refractivity contribution in [2.75, 3.05) is 25.2 Å². The summed E-state index contributed by atoms with van der Waals surface area (Å²) in [6.07, 6.45) is 3.84. The first-order valence-corrected chi connectivity index (χ1v) is 7.06. The number of pyridine rings is 1. The van der Waals surface area contributed by atoms with Crippen LogP contribution in [0, 0.1) is 0 Å². The van der Waals surface area contributed by atoms with Crippen LogP contribution in [0.4, 0.5) is 5.69 Å². The molecule has 0 saturated heterocycles. The third-order valence-corrected chi connectivity index (χ3v) is 3.44. The zero-order valence-electron chi connectivity index (χ0n) is 11.9. The summed E-state index contributed by atoms with van der Waals surface area (Å²) >= 11 is 5.10. The van der Waals surface area contributed by atoms with Crippen LogP contribution in [0.5, 0.6) is 0 Å². The van der Waals surface area contributed by atoms with E-state index in [-0.39, 0.29) is 0 Å². The quantitative estimate of drug-likeness (QED) is 0.741. The number of rotatable bonds is 8. The highest BCUT2D eigenvalue weighted by molar-refractivity contribution is 7.80. The van der Waals surface area contributed by atoms with Crippen molar-refractivity contribution in [2.45, 2.75) is 32.7 Å². The molecule has 0 aromatic carbocycles. The molecule has 19 heavy (non-hydrogen) atoms. The fourth-order valence-electron chi connectivity index (χ4n) is 2.24. The monoisotopic (exact) mass is 281 g/mol. The van der Waals surface area contributed by atoms with Crippen molar-refractivity contribution in [3.8, 4) is 0 Å². The lowest BCUT2D eigenvalue weighted by molar-refractivity contribution is 0.202. The first-order valence-electron chi connectivity index (χ1n) is 6.66. The highest BCUT2D eigenvalue weighted by Crippen LogP contribution is 2.23. The number of ether oxygens (including phenoxy) is 1. The SMILES string of the molecule is CCC(CC)N(CCOC)c1cccnc1C(N)=S. The lowest BCUT2D eigenvalue weighted by Crippen LogP contribution is -2.38. The standard InChI is InChI=1S/C14H23N3OS/c1-4-11(5-2)17(9-10-18-3)12-7-6-8-16-13(12)14(15)19/h6-8,11H,4-5,9-10H2,1-3H3,(H2,15,19). The van der Waals surface area contributed by atoms with Gasteiger partial charge in [-0.25, -0.2) is 0 Å². The summed E-state index contributed by atoms with van der Waals surface area (Å²) in [4.78, 5) is 6.94. The molecule has 1 aromatic rings. The average Bonchev–Trinajstić information content (AvgIpc) is 2.43. The van der Waals surface area contributed by atoms with Crippen molar-refractivity contribution in [1.82, 2.24) is 4.98 Å². The maximum atomic E-state index is 5.78. The van der Waals surface area contributed by atoms with Crippen LogP contribution >= 0.6 is 12.2 Å². The second-order valence-corrected chi connectivity index (χ2v) is 4.83. The summed E-state index contributed by atoms with van der Waals surface area (Å²) in [5.41, 5.74) is 7.47. The van der Waals surface area contributed by atoms with Crippen LogP contribution in [0.1, 0.15) is 32.4 Å². The summed E-state index contributed by atoms with van der Waals surface area (Å²) in [5.74, 6) is 0. The second kappa shape index (κ2) is 8.07. The van der Waals surface area contributed by atoms with Crippen LogP contribution in [-0.4, -0.2) is 36.3 Å². The summed E-state index contributed by atoms with van der Waals surface area (Å²) in [7, 11) is 1.71. The molecule has 0 unspecified atom stereocenters. The van der Waals surface area contributed by atoms with Gasteiger partial charge in [0.25, 0.3) is 0 Å². The molecule has 0 spiro atoms. The Labute approximate surface area is 121 Å². The van der Waals surface area contributed by atoms with Gasteiger partial charge in [-0.3, -0.25) is 4.98 Å². The van der Waals surface area contributed by atoms with Gasteiger partial charge in [-0.15, -0.1) is 0 Å². The molecule has 4 nitrogen and oxygen atoms in total. The third-order valence-electron chi connectivity index (χ3n) is 3.25. The van der Waals surface area contributed by atoms with Crippen molar-refractivity contribution in [1.29, 1.82) is 0 Å². The van der Waals surface area contributed by atoms with E-state index in [0.29, 0.717) is 23.3 Å². The molecular formula is C14H23N3OS. The molecule has 106 valence electrons. The molecule has 5 heteroatoms. The maximum absolute atomic E-state index is 5.78. The number of thiocarbonyl (C=S) groups is 1. The van der Waals surface area contributed by atoms with Gasteiger partial charge in [0, 0.05) is 25.9 Å². The number of hydrogen-bond acceptors (Lipinski definition) is 4. The molecule has 1 rings (SSSR count). The molecule has 0 radical (unpaired) electrons. The number of nitrogens with zero attached hydrogens (tertiary/aromatic N) is 2. The Kier molecular flexibility index (Phi) is 6.73. The van der Waals surface area contributed by atoms with E-state index in [2.05, 4.69) is 23.7 Å². The van der Waals surface area contributed by atoms with E-state index in [1.54, 1.807) is 13.3 Å². The molecule has 0 aliphatic heterocycles. The summed E-state index contributed by atoms with van der Waals surface area (Å²) in [6, 6.07) is 4.38. The number of hydrogen-bond donors (Lipinski definition) is 1. The number of anilines is 1. The Morgan fingerprint density at radius 3 is 2.68 bits per heavy atom. The van der Waals surface area contributed by atoms with Crippen molar-refractivity contribution in [3.63, 3.8) is 0 Å². The fraction of sp³-hybridized carbons (Fsp3) is 0.571. The molecule has 0 saturated carbocycles. The van der Waals surface area contributed by atoms with Crippen LogP contribution < -0.4 is 10.6 Å². The largest absolute Gasteiger partial charge is 0.388 e. The van der Waals surface area contributed by atoms with Crippen molar-refractivity contribution in [2.24, 2.45) is 5.73 Å². The normalized spacial score (nSPS) is 10.7. The highest BCUT2D eigenvalue weighted by Gasteiger charge is 2.19. The van der Waals surface area contributed by atoms with Gasteiger partial charge in [-0.2, -0.15) is 0 Å². The van der Waals surface area contributed by atoms with Gasteiger partial charge in [0.2, 0.25) is 0 Å². The first-order chi connectivity index (χ1) is 9.15. The van der Waals surface area contributed by atoms with Crippen molar-refractivity contribution in [3.05, 3.63) is 24.0 Å². The van der Waals surface area contributed by atoms with Gasteiger partial charge in [0.1, 0.15) is 10.7 Å². The lowest BCUT2D eigenvalue weighted by Gasteiger charge is -2.33. The van der Waals surface area contributed by atoms with E-state index in [4.69, 9.17) is 22.7 Å². The predicted octanol–water partition coefficient (Wildman–Crippen LogP) is 2.36. The summed E-state index contributed by atoms with van der Waals surface area (Å²) < 4.78 is 5.21. The van der Waals surface area contributed by atoms with Crippen LogP contribution in [0.15, 0.2) is 18.3 Å². The van der Waals surface area contributed by atoms with Crippen LogP contribution in [0.2, 0.25) is 0 Å². The topological polar surface area (TPSA) is 51.4 Å². The fourth-order valence-corrected chi connectivity index (χ4v) is 2.39. The van der Waals surface area contributed by atoms with Gasteiger partial charge >= 0.3 is 0 Å². The van der Waals surface area contributed by atoms with E-state index < -0.39 is 0 Å². The minimum Gasteiger partial charge on any atom is -0.388 e. The molecule has 0 amide bonds. The Morgan fingerprint density at radius 2 is 2.16 bits per heavy atom. The average molecular weight is 281 g/mol. The summed E-state index contributed by atoms with van der Waals surface area (Å²) in [6.45, 7) is 5.85. The van der Waals surface area contributed by atoms with E-state index in [1.807, 2.05) is 12.1 Å². The summed E-state index contributed by atoms with van der Waals surface area (Å²) in [5, 5.41) is 0. The Balaban J connectivity index is 3.12. The lowest BCUT2D eigenvalue weighted by atomic mass is 10.1. The predicted molar refractivity (Wildman–Crippen MR) is 83.7 cm³/mol. The Hall–Kier alpha value is -1.20. The molecule has 0 fully saturated rings. The van der Waals surface area contributed by atoms with Gasteiger partial charge < -0.3 is 15.4 Å². The third kappa shape index (κ3) is 4.14. The zero-order chi connectivity index (χ0) is 14.3. The van der Waals surface area contributed by atoms with Gasteiger partial charge in [-0.1, -0.05) is 26.1 Å². The maximum Gasteiger partial charge on any atom is 0.124 e. The smallest absolute Gasteiger partial charge is 0.124 e. The molecule has 0 atom stereocenters. The van der Waals surface area contributed by atoms with Crippen LogP contribution in [0.25, 0.3) is 0 Å². The van der Waals surface area contributed by atoms with E-state index in [9.17, 15) is 0 Å². The van der Waals surface area contributed by atoms with E-state index in [1.165, 1.54) is 0 Å². The Morgan fingerprint density at radius 1 is 1.47 bits per heavy atom. The van der Waals surface area contributed by atoms with Gasteiger partial charge in [-0.05, 0) is 25.0 Å². The molecular weight excluding hydrogens is 258 g/mol. The van der Waals surface area contributed by atoms with E-state index in [0.717, 1.165) is 25.1 Å². The van der Waals surface area contributed by atoms with Crippen molar-refractivity contribution < 1.29 is 4.74 Å². The minimum absolute atomic E-state index is 0.337. The second-order valence-electron chi connectivity index (χ2n) is 4.39.